The third-order valence-corrected chi connectivity index (χ3v) is 18.7. The van der Waals surface area contributed by atoms with E-state index in [0.717, 1.165) is 0 Å². The van der Waals surface area contributed by atoms with Gasteiger partial charge in [-0.1, -0.05) is 108 Å². The van der Waals surface area contributed by atoms with Gasteiger partial charge in [-0.15, -0.1) is 0 Å². The quantitative estimate of drug-likeness (QED) is 0.0981. The molecular formula is C29H44Cl3NO9Si2. The predicted molar refractivity (Wildman–Crippen MR) is 173 cm³/mol. The monoisotopic (exact) mass is 711 g/mol. The normalized spacial score (nSPS) is 27.0. The Labute approximate surface area is 277 Å². The maximum Gasteiger partial charge on any atom is 0.338 e. The van der Waals surface area contributed by atoms with E-state index in [-0.39, 0.29) is 34.3 Å². The minimum absolute atomic E-state index is 0.00794. The Balaban J connectivity index is 2.20. The van der Waals surface area contributed by atoms with Gasteiger partial charge < -0.3 is 31.9 Å². The first-order valence-corrected chi connectivity index (χ1v) is 19.9. The number of rotatable bonds is 8. The topological polar surface area (TPSA) is 123 Å². The summed E-state index contributed by atoms with van der Waals surface area (Å²) in [4.78, 5) is 25.9. The fourth-order valence-corrected chi connectivity index (χ4v) is 17.1. The average molecular weight is 713 g/mol. The highest BCUT2D eigenvalue weighted by Crippen LogP contribution is 2.48. The number of ether oxygens (including phenoxy) is 4. The van der Waals surface area contributed by atoms with Crippen molar-refractivity contribution in [2.75, 3.05) is 6.61 Å². The lowest BCUT2D eigenvalue weighted by Gasteiger charge is -2.55. The number of carbonyl (C=O) groups is 2. The fourth-order valence-electron chi connectivity index (χ4n) is 5.79. The van der Waals surface area contributed by atoms with Crippen LogP contribution in [0.4, 0.5) is 0 Å². The second-order valence-corrected chi connectivity index (χ2v) is 23.5. The van der Waals surface area contributed by atoms with Crippen LogP contribution in [0, 0.1) is 5.41 Å². The molecule has 2 fully saturated rings. The molecule has 0 saturated carbocycles. The van der Waals surface area contributed by atoms with E-state index in [1.54, 1.807) is 30.3 Å². The molecule has 3 rings (SSSR count). The largest absolute Gasteiger partial charge is 0.455 e. The maximum atomic E-state index is 13.4. The minimum Gasteiger partial charge on any atom is -0.455 e. The van der Waals surface area contributed by atoms with E-state index in [9.17, 15) is 9.59 Å². The Morgan fingerprint density at radius 1 is 0.864 bits per heavy atom. The molecule has 10 nitrogen and oxygen atoms in total. The van der Waals surface area contributed by atoms with Crippen LogP contribution < -0.4 is 0 Å². The van der Waals surface area contributed by atoms with Gasteiger partial charge in [-0.25, -0.2) is 4.79 Å². The molecule has 0 unspecified atom stereocenters. The van der Waals surface area contributed by atoms with Crippen molar-refractivity contribution in [3.05, 3.63) is 35.9 Å². The lowest BCUT2D eigenvalue weighted by Crippen LogP contribution is -2.71. The van der Waals surface area contributed by atoms with Crippen molar-refractivity contribution < 1.29 is 41.5 Å². The lowest BCUT2D eigenvalue weighted by molar-refractivity contribution is -0.284. The van der Waals surface area contributed by atoms with Crippen LogP contribution in [0.2, 0.25) is 22.2 Å². The van der Waals surface area contributed by atoms with Gasteiger partial charge in [0.05, 0.1) is 12.2 Å². The molecule has 2 aliphatic rings. The van der Waals surface area contributed by atoms with Crippen molar-refractivity contribution in [3.8, 4) is 0 Å². The molecule has 0 radical (unpaired) electrons. The van der Waals surface area contributed by atoms with Crippen molar-refractivity contribution in [3.63, 3.8) is 0 Å². The first kappa shape index (κ1) is 37.2. The molecule has 0 bridgehead atoms. The van der Waals surface area contributed by atoms with Crippen LogP contribution in [-0.4, -0.2) is 76.1 Å². The van der Waals surface area contributed by atoms with E-state index in [1.165, 1.54) is 6.92 Å². The van der Waals surface area contributed by atoms with E-state index in [0.29, 0.717) is 0 Å². The summed E-state index contributed by atoms with van der Waals surface area (Å²) in [6, 6.07) is 8.25. The second kappa shape index (κ2) is 14.7. The summed E-state index contributed by atoms with van der Waals surface area (Å²) in [6.45, 7) is 17.8. The van der Waals surface area contributed by atoms with Gasteiger partial charge in [-0.05, 0) is 34.3 Å². The Morgan fingerprint density at radius 2 is 1.41 bits per heavy atom. The molecule has 0 amide bonds. The van der Waals surface area contributed by atoms with Crippen LogP contribution >= 0.6 is 34.8 Å². The van der Waals surface area contributed by atoms with Crippen molar-refractivity contribution in [1.29, 1.82) is 5.41 Å². The van der Waals surface area contributed by atoms with Gasteiger partial charge in [0, 0.05) is 6.92 Å². The van der Waals surface area contributed by atoms with E-state index >= 15 is 0 Å². The molecule has 0 aromatic heterocycles. The van der Waals surface area contributed by atoms with Gasteiger partial charge in [-0.3, -0.25) is 10.2 Å². The summed E-state index contributed by atoms with van der Waals surface area (Å²) in [6.07, 6.45) is -6.08. The summed E-state index contributed by atoms with van der Waals surface area (Å²) in [5.74, 6) is -2.18. The first-order chi connectivity index (χ1) is 20.4. The summed E-state index contributed by atoms with van der Waals surface area (Å²) < 4.78 is 42.8. The number of alkyl halides is 3. The summed E-state index contributed by atoms with van der Waals surface area (Å²) in [7, 11) is -6.19. The summed E-state index contributed by atoms with van der Waals surface area (Å²) >= 11 is 17.8. The van der Waals surface area contributed by atoms with Crippen molar-refractivity contribution in [2.24, 2.45) is 0 Å². The Bertz CT molecular complexity index is 1150. The zero-order chi connectivity index (χ0) is 33.2. The number of fused-ring (bicyclic) bond motifs is 1. The molecule has 1 aromatic rings. The summed E-state index contributed by atoms with van der Waals surface area (Å²) in [5, 5.41) is 8.27. The van der Waals surface area contributed by atoms with Crippen LogP contribution in [0.25, 0.3) is 0 Å². The number of hydrogen-bond donors (Lipinski definition) is 1. The van der Waals surface area contributed by atoms with Crippen molar-refractivity contribution in [1.82, 2.24) is 0 Å². The minimum atomic E-state index is -3.22. The Morgan fingerprint density at radius 3 is 1.89 bits per heavy atom. The highest BCUT2D eigenvalue weighted by atomic mass is 35.6. The first-order valence-electron chi connectivity index (χ1n) is 14.8. The third kappa shape index (κ3) is 8.00. The molecule has 2 heterocycles. The van der Waals surface area contributed by atoms with Crippen LogP contribution in [0.15, 0.2) is 30.3 Å². The van der Waals surface area contributed by atoms with Gasteiger partial charge >= 0.3 is 29.1 Å². The van der Waals surface area contributed by atoms with Crippen LogP contribution in [0.1, 0.15) is 72.7 Å². The van der Waals surface area contributed by atoms with Gasteiger partial charge in [0.15, 0.2) is 6.10 Å². The predicted octanol–water partition coefficient (Wildman–Crippen LogP) is 7.19. The standard InChI is InChI=1S/C29H44Cl3NO9Si2/c1-16(2)43(17(3)4)36-15-22-23(41-44(42-43,18(5)6)19(7)8)24(37-20(9)34)25(27(38-22)40-28(33)29(30,31)32)39-26(35)21-13-11-10-12-14-21/h10-14,16-19,22-25,27,33H,15H2,1-9H3/t22-,23-,24+,25+,27-/m1/s1. The average Bonchev–Trinajstić information content (AvgIpc) is 2.90. The lowest BCUT2D eigenvalue weighted by atomic mass is 9.98. The van der Waals surface area contributed by atoms with E-state index < -0.39 is 69.5 Å². The molecule has 0 spiro atoms. The van der Waals surface area contributed by atoms with Gasteiger partial charge in [0.1, 0.15) is 12.2 Å². The highest BCUT2D eigenvalue weighted by Gasteiger charge is 2.63. The van der Waals surface area contributed by atoms with Crippen molar-refractivity contribution >= 4 is 69.8 Å². The maximum absolute atomic E-state index is 13.4. The SMILES string of the molecule is CC(=O)O[C@@H]1[C@H](OC(=O)c2ccccc2)[C@@H](OC(=N)C(Cl)(Cl)Cl)O[C@@H]2CO[Si](C(C)C)(C(C)C)O[Si](C(C)C)(C(C)C)O[C@@H]12. The molecule has 1 N–H and O–H groups in total. The number of benzene rings is 1. The van der Waals surface area contributed by atoms with Gasteiger partial charge in [0.2, 0.25) is 18.3 Å². The van der Waals surface area contributed by atoms with Crippen LogP contribution in [-0.2, 0) is 36.7 Å². The van der Waals surface area contributed by atoms with Crippen LogP contribution in [0.3, 0.4) is 0 Å². The molecular weight excluding hydrogens is 669 g/mol. The van der Waals surface area contributed by atoms with E-state index in [2.05, 4.69) is 27.7 Å². The molecule has 248 valence electrons. The molecule has 2 aliphatic heterocycles. The van der Waals surface area contributed by atoms with E-state index in [1.807, 2.05) is 27.7 Å². The van der Waals surface area contributed by atoms with Crippen LogP contribution in [0.5, 0.6) is 0 Å². The smallest absolute Gasteiger partial charge is 0.338 e. The second-order valence-electron chi connectivity index (χ2n) is 12.4. The van der Waals surface area contributed by atoms with E-state index in [4.69, 9.17) is 72.1 Å². The molecule has 1 aromatic carbocycles. The molecule has 2 saturated heterocycles. The zero-order valence-corrected chi connectivity index (χ0v) is 30.9. The number of halogens is 3. The van der Waals surface area contributed by atoms with Crippen molar-refractivity contribution in [2.45, 2.75) is 119 Å². The highest BCUT2D eigenvalue weighted by molar-refractivity contribution is 6.84. The fraction of sp³-hybridized carbons (Fsp3) is 0.690. The van der Waals surface area contributed by atoms with Gasteiger partial charge in [-0.2, -0.15) is 0 Å². The summed E-state index contributed by atoms with van der Waals surface area (Å²) in [5.41, 5.74) is 0.246. The number of hydrogen-bond acceptors (Lipinski definition) is 10. The number of carbonyl (C=O) groups excluding carboxylic acids is 2. The number of esters is 2. The molecule has 44 heavy (non-hydrogen) atoms. The number of nitrogens with one attached hydrogen (secondary N) is 1. The Kier molecular flexibility index (Phi) is 12.4. The molecule has 0 aliphatic carbocycles. The molecule has 15 heteroatoms. The third-order valence-electron chi connectivity index (χ3n) is 7.97. The zero-order valence-electron chi connectivity index (χ0n) is 26.6. The Hall–Kier alpha value is -1.23. The molecule has 5 atom stereocenters. The van der Waals surface area contributed by atoms with Gasteiger partial charge in [0.25, 0.3) is 3.79 Å².